The predicted molar refractivity (Wildman–Crippen MR) is 62.3 cm³/mol. The molecule has 14 heavy (non-hydrogen) atoms. The third-order valence-electron chi connectivity index (χ3n) is 1.97. The summed E-state index contributed by atoms with van der Waals surface area (Å²) >= 11 is 0. The van der Waals surface area contributed by atoms with E-state index in [0.29, 0.717) is 0 Å². The Labute approximate surface area is 86.1 Å². The number of nitrogens with one attached hydrogen (secondary N) is 1. The molecule has 0 fully saturated rings. The van der Waals surface area contributed by atoms with E-state index in [2.05, 4.69) is 29.4 Å². The summed E-state index contributed by atoms with van der Waals surface area (Å²) in [7, 11) is 0. The van der Waals surface area contributed by atoms with E-state index < -0.39 is 0 Å². The number of benzene rings is 1. The Kier molecular flexibility index (Phi) is 4.94. The van der Waals surface area contributed by atoms with E-state index in [1.54, 1.807) is 0 Å². The van der Waals surface area contributed by atoms with Gasteiger partial charge in [0.25, 0.3) is 0 Å². The van der Waals surface area contributed by atoms with Crippen molar-refractivity contribution in [3.05, 3.63) is 29.8 Å². The van der Waals surface area contributed by atoms with Gasteiger partial charge in [-0.2, -0.15) is 0 Å². The van der Waals surface area contributed by atoms with E-state index in [1.807, 2.05) is 25.3 Å². The molecule has 1 rings (SSSR count). The first kappa shape index (κ1) is 10.9. The van der Waals surface area contributed by atoms with Gasteiger partial charge in [0, 0.05) is 12.8 Å². The summed E-state index contributed by atoms with van der Waals surface area (Å²) in [6.45, 7) is 6.13. The van der Waals surface area contributed by atoms with Crippen LogP contribution in [-0.4, -0.2) is 12.8 Å². The minimum absolute atomic E-state index is 0.948. The average molecular weight is 190 g/mol. The van der Waals surface area contributed by atoms with Crippen LogP contribution < -0.4 is 5.32 Å². The maximum atomic E-state index is 4.20. The molecule has 0 aliphatic heterocycles. The van der Waals surface area contributed by atoms with Crippen LogP contribution in [0.25, 0.3) is 0 Å². The molecule has 0 atom stereocenters. The zero-order valence-electron chi connectivity index (χ0n) is 8.96. The summed E-state index contributed by atoms with van der Waals surface area (Å²) in [5, 5.41) is 3.36. The molecule has 2 heteroatoms. The van der Waals surface area contributed by atoms with Gasteiger partial charge in [-0.25, -0.2) is 0 Å². The maximum Gasteiger partial charge on any atom is 0.0625 e. The van der Waals surface area contributed by atoms with Crippen LogP contribution in [0, 0.1) is 0 Å². The Balaban J connectivity index is 2.46. The second-order valence-corrected chi connectivity index (χ2v) is 3.23. The van der Waals surface area contributed by atoms with Gasteiger partial charge >= 0.3 is 0 Å². The highest BCUT2D eigenvalue weighted by Crippen LogP contribution is 2.12. The smallest absolute Gasteiger partial charge is 0.0625 e. The van der Waals surface area contributed by atoms with Crippen molar-refractivity contribution >= 4 is 11.9 Å². The molecular weight excluding hydrogens is 172 g/mol. The van der Waals surface area contributed by atoms with Crippen LogP contribution in [-0.2, 0) is 6.54 Å². The van der Waals surface area contributed by atoms with Gasteiger partial charge in [-0.1, -0.05) is 19.1 Å². The SMILES string of the molecule is C/C=N/c1ccc(CNCCC)cc1. The van der Waals surface area contributed by atoms with Crippen molar-refractivity contribution in [2.24, 2.45) is 4.99 Å². The summed E-state index contributed by atoms with van der Waals surface area (Å²) < 4.78 is 0. The summed E-state index contributed by atoms with van der Waals surface area (Å²) in [5.41, 5.74) is 2.33. The molecule has 0 aliphatic rings. The zero-order chi connectivity index (χ0) is 10.2. The average Bonchev–Trinajstić information content (AvgIpc) is 2.21. The van der Waals surface area contributed by atoms with Crippen LogP contribution in [0.15, 0.2) is 29.3 Å². The van der Waals surface area contributed by atoms with E-state index in [1.165, 1.54) is 12.0 Å². The minimum Gasteiger partial charge on any atom is -0.313 e. The molecule has 2 nitrogen and oxygen atoms in total. The van der Waals surface area contributed by atoms with E-state index in [-0.39, 0.29) is 0 Å². The first-order chi connectivity index (χ1) is 6.86. The van der Waals surface area contributed by atoms with E-state index in [4.69, 9.17) is 0 Å². The molecule has 0 aromatic heterocycles. The molecule has 0 saturated carbocycles. The molecule has 0 unspecified atom stereocenters. The van der Waals surface area contributed by atoms with Crippen LogP contribution in [0.4, 0.5) is 5.69 Å². The lowest BCUT2D eigenvalue weighted by molar-refractivity contribution is 0.675. The fraction of sp³-hybridized carbons (Fsp3) is 0.417. The first-order valence-corrected chi connectivity index (χ1v) is 5.15. The number of hydrogen-bond donors (Lipinski definition) is 1. The van der Waals surface area contributed by atoms with Crippen LogP contribution in [0.3, 0.4) is 0 Å². The van der Waals surface area contributed by atoms with Gasteiger partial charge in [0.1, 0.15) is 0 Å². The standard InChI is InChI=1S/C12H18N2/c1-3-9-13-10-11-5-7-12(8-6-11)14-4-2/h4-8,13H,3,9-10H2,1-2H3/b14-4+. The summed E-state index contributed by atoms with van der Waals surface area (Å²) in [6.07, 6.45) is 2.99. The summed E-state index contributed by atoms with van der Waals surface area (Å²) in [4.78, 5) is 4.20. The van der Waals surface area contributed by atoms with Crippen molar-refractivity contribution in [2.45, 2.75) is 26.8 Å². The van der Waals surface area contributed by atoms with Gasteiger partial charge in [-0.05, 0) is 37.6 Å². The fourth-order valence-electron chi connectivity index (χ4n) is 1.26. The van der Waals surface area contributed by atoms with Gasteiger partial charge in [-0.3, -0.25) is 4.99 Å². The lowest BCUT2D eigenvalue weighted by Gasteiger charge is -2.03. The van der Waals surface area contributed by atoms with Crippen molar-refractivity contribution in [2.75, 3.05) is 6.54 Å². The van der Waals surface area contributed by atoms with Gasteiger partial charge in [0.05, 0.1) is 5.69 Å². The normalized spacial score (nSPS) is 11.0. The lowest BCUT2D eigenvalue weighted by atomic mass is 10.2. The molecule has 0 amide bonds. The Morgan fingerprint density at radius 2 is 2.00 bits per heavy atom. The second-order valence-electron chi connectivity index (χ2n) is 3.23. The second kappa shape index (κ2) is 6.33. The van der Waals surface area contributed by atoms with Crippen molar-refractivity contribution < 1.29 is 0 Å². The highest BCUT2D eigenvalue weighted by molar-refractivity contribution is 5.60. The van der Waals surface area contributed by atoms with E-state index >= 15 is 0 Å². The number of rotatable bonds is 5. The summed E-state index contributed by atoms with van der Waals surface area (Å²) in [5.74, 6) is 0. The maximum absolute atomic E-state index is 4.20. The fourth-order valence-corrected chi connectivity index (χ4v) is 1.26. The molecule has 1 N–H and O–H groups in total. The van der Waals surface area contributed by atoms with Crippen LogP contribution in [0.2, 0.25) is 0 Å². The monoisotopic (exact) mass is 190 g/mol. The van der Waals surface area contributed by atoms with Crippen molar-refractivity contribution in [3.63, 3.8) is 0 Å². The Bertz CT molecular complexity index is 275. The first-order valence-electron chi connectivity index (χ1n) is 5.15. The van der Waals surface area contributed by atoms with E-state index in [0.717, 1.165) is 18.8 Å². The molecule has 1 aromatic carbocycles. The molecule has 0 spiro atoms. The third-order valence-corrected chi connectivity index (χ3v) is 1.97. The van der Waals surface area contributed by atoms with Crippen LogP contribution in [0.1, 0.15) is 25.8 Å². The number of aliphatic imine (C=N–C) groups is 1. The largest absolute Gasteiger partial charge is 0.313 e. The van der Waals surface area contributed by atoms with E-state index in [9.17, 15) is 0 Å². The molecule has 0 saturated heterocycles. The Hall–Kier alpha value is -1.15. The molecule has 76 valence electrons. The third kappa shape index (κ3) is 3.71. The topological polar surface area (TPSA) is 24.4 Å². The highest BCUT2D eigenvalue weighted by Gasteiger charge is 1.91. The van der Waals surface area contributed by atoms with Crippen molar-refractivity contribution in [1.29, 1.82) is 0 Å². The predicted octanol–water partition coefficient (Wildman–Crippen LogP) is 2.91. The van der Waals surface area contributed by atoms with Gasteiger partial charge in [-0.15, -0.1) is 0 Å². The quantitative estimate of drug-likeness (QED) is 0.560. The molecule has 0 aliphatic carbocycles. The minimum atomic E-state index is 0.948. The number of nitrogens with zero attached hydrogens (tertiary/aromatic N) is 1. The molecule has 0 bridgehead atoms. The van der Waals surface area contributed by atoms with Gasteiger partial charge in [0.2, 0.25) is 0 Å². The zero-order valence-corrected chi connectivity index (χ0v) is 8.96. The highest BCUT2D eigenvalue weighted by atomic mass is 14.8. The molecule has 1 aromatic rings. The molecular formula is C12H18N2. The van der Waals surface area contributed by atoms with Crippen LogP contribution >= 0.6 is 0 Å². The lowest BCUT2D eigenvalue weighted by Crippen LogP contribution is -2.13. The van der Waals surface area contributed by atoms with Crippen molar-refractivity contribution in [3.8, 4) is 0 Å². The molecule has 0 heterocycles. The number of hydrogen-bond acceptors (Lipinski definition) is 2. The Morgan fingerprint density at radius 3 is 2.57 bits per heavy atom. The van der Waals surface area contributed by atoms with Gasteiger partial charge < -0.3 is 5.32 Å². The van der Waals surface area contributed by atoms with Crippen molar-refractivity contribution in [1.82, 2.24) is 5.32 Å². The molecule has 0 radical (unpaired) electrons. The van der Waals surface area contributed by atoms with Gasteiger partial charge in [0.15, 0.2) is 0 Å². The Morgan fingerprint density at radius 1 is 1.29 bits per heavy atom. The van der Waals surface area contributed by atoms with Crippen LogP contribution in [0.5, 0.6) is 0 Å². The summed E-state index contributed by atoms with van der Waals surface area (Å²) in [6, 6.07) is 8.32.